The Morgan fingerprint density at radius 3 is 2.46 bits per heavy atom. The van der Waals surface area contributed by atoms with Gasteiger partial charge in [-0.2, -0.15) is 0 Å². The van der Waals surface area contributed by atoms with E-state index in [2.05, 4.69) is 33.8 Å². The molecule has 4 nitrogen and oxygen atoms in total. The highest BCUT2D eigenvalue weighted by Gasteiger charge is 2.51. The van der Waals surface area contributed by atoms with Gasteiger partial charge in [0.05, 0.1) is 12.5 Å². The lowest BCUT2D eigenvalue weighted by Gasteiger charge is -2.57. The van der Waals surface area contributed by atoms with Gasteiger partial charge in [-0.3, -0.25) is 9.59 Å². The molecule has 0 saturated heterocycles. The molecule has 0 heterocycles. The van der Waals surface area contributed by atoms with E-state index < -0.39 is 0 Å². The molecule has 0 radical (unpaired) electrons. The first-order valence-corrected chi connectivity index (χ1v) is 10.4. The summed E-state index contributed by atoms with van der Waals surface area (Å²) in [5, 5.41) is 0. The maximum absolute atomic E-state index is 11.2. The first-order chi connectivity index (χ1) is 13.1. The standard InChI is InChI=1S/C24H36O4/c1-17-8-11-22-23(4,5)13-7-14-24(22,6)21(17)10-9-20(16-28-19(3)26)12-15-27-18(2)25/h8,12,15-16,21-22H,7,9-11,13-14H2,1-6H3. The van der Waals surface area contributed by atoms with Crippen LogP contribution in [0.1, 0.15) is 80.1 Å². The lowest BCUT2D eigenvalue weighted by atomic mass is 9.48. The van der Waals surface area contributed by atoms with Crippen LogP contribution in [0, 0.1) is 22.7 Å². The summed E-state index contributed by atoms with van der Waals surface area (Å²) in [6.45, 7) is 12.3. The summed E-state index contributed by atoms with van der Waals surface area (Å²) in [6.07, 6.45) is 13.8. The molecule has 0 bridgehead atoms. The Labute approximate surface area is 170 Å². The fraction of sp³-hybridized carbons (Fsp3) is 0.667. The maximum Gasteiger partial charge on any atom is 0.307 e. The molecule has 0 spiro atoms. The zero-order valence-electron chi connectivity index (χ0n) is 18.3. The number of hydrogen-bond donors (Lipinski definition) is 0. The van der Waals surface area contributed by atoms with Gasteiger partial charge in [0.2, 0.25) is 0 Å². The second-order valence-corrected chi connectivity index (χ2v) is 9.39. The summed E-state index contributed by atoms with van der Waals surface area (Å²) in [4.78, 5) is 22.2. The molecule has 2 rings (SSSR count). The maximum atomic E-state index is 11.2. The minimum Gasteiger partial charge on any atom is -0.435 e. The van der Waals surface area contributed by atoms with E-state index in [0.717, 1.165) is 18.4 Å². The van der Waals surface area contributed by atoms with Crippen molar-refractivity contribution in [2.75, 3.05) is 0 Å². The molecule has 0 amide bonds. The summed E-state index contributed by atoms with van der Waals surface area (Å²) in [6, 6.07) is 0. The molecule has 1 saturated carbocycles. The summed E-state index contributed by atoms with van der Waals surface area (Å²) in [5.41, 5.74) is 3.00. The third-order valence-corrected chi connectivity index (χ3v) is 6.91. The van der Waals surface area contributed by atoms with Crippen molar-refractivity contribution in [3.8, 4) is 0 Å². The molecular formula is C24H36O4. The average molecular weight is 389 g/mol. The highest BCUT2D eigenvalue weighted by Crippen LogP contribution is 2.60. The number of rotatable bonds is 6. The van der Waals surface area contributed by atoms with Crippen LogP contribution in [0.25, 0.3) is 0 Å². The molecule has 0 aliphatic heterocycles. The number of fused-ring (bicyclic) bond motifs is 1. The van der Waals surface area contributed by atoms with Gasteiger partial charge in [-0.05, 0) is 73.3 Å². The van der Waals surface area contributed by atoms with Crippen molar-refractivity contribution >= 4 is 11.9 Å². The van der Waals surface area contributed by atoms with Crippen LogP contribution in [-0.4, -0.2) is 11.9 Å². The number of hydrogen-bond acceptors (Lipinski definition) is 4. The van der Waals surface area contributed by atoms with E-state index in [0.29, 0.717) is 22.7 Å². The number of carbonyl (C=O) groups is 2. The monoisotopic (exact) mass is 388 g/mol. The quantitative estimate of drug-likeness (QED) is 0.239. The van der Waals surface area contributed by atoms with Gasteiger partial charge in [0.15, 0.2) is 0 Å². The van der Waals surface area contributed by atoms with E-state index in [1.54, 1.807) is 6.08 Å². The first kappa shape index (κ1) is 22.4. The van der Waals surface area contributed by atoms with Gasteiger partial charge in [0.25, 0.3) is 0 Å². The fourth-order valence-corrected chi connectivity index (χ4v) is 5.56. The highest BCUT2D eigenvalue weighted by atomic mass is 16.5. The molecular weight excluding hydrogens is 352 g/mol. The van der Waals surface area contributed by atoms with E-state index >= 15 is 0 Å². The minimum absolute atomic E-state index is 0.298. The van der Waals surface area contributed by atoms with Crippen molar-refractivity contribution in [3.63, 3.8) is 0 Å². The number of ether oxygens (including phenoxy) is 2. The third-order valence-electron chi connectivity index (χ3n) is 6.91. The molecule has 3 atom stereocenters. The summed E-state index contributed by atoms with van der Waals surface area (Å²) >= 11 is 0. The van der Waals surface area contributed by atoms with Crippen LogP contribution in [0.3, 0.4) is 0 Å². The van der Waals surface area contributed by atoms with Crippen molar-refractivity contribution in [2.45, 2.75) is 80.1 Å². The zero-order valence-corrected chi connectivity index (χ0v) is 18.3. The van der Waals surface area contributed by atoms with Crippen molar-refractivity contribution in [1.82, 2.24) is 0 Å². The predicted octanol–water partition coefficient (Wildman–Crippen LogP) is 6.09. The van der Waals surface area contributed by atoms with E-state index in [1.165, 1.54) is 57.6 Å². The Hall–Kier alpha value is -1.84. The molecule has 2 aliphatic carbocycles. The minimum atomic E-state index is -0.367. The fourth-order valence-electron chi connectivity index (χ4n) is 5.56. The zero-order chi connectivity index (χ0) is 20.9. The van der Waals surface area contributed by atoms with Crippen LogP contribution >= 0.6 is 0 Å². The second kappa shape index (κ2) is 9.11. The van der Waals surface area contributed by atoms with Gasteiger partial charge >= 0.3 is 11.9 Å². The Kier molecular flexibility index (Phi) is 7.30. The first-order valence-electron chi connectivity index (χ1n) is 10.4. The average Bonchev–Trinajstić information content (AvgIpc) is 2.57. The molecule has 0 N–H and O–H groups in total. The molecule has 0 aromatic heterocycles. The number of allylic oxidation sites excluding steroid dienone is 4. The molecule has 156 valence electrons. The molecule has 3 unspecified atom stereocenters. The Balaban J connectivity index is 2.17. The Morgan fingerprint density at radius 1 is 1.14 bits per heavy atom. The van der Waals surface area contributed by atoms with Crippen molar-refractivity contribution in [3.05, 3.63) is 35.8 Å². The van der Waals surface area contributed by atoms with Crippen LogP contribution in [-0.2, 0) is 19.1 Å². The van der Waals surface area contributed by atoms with E-state index in [1.807, 2.05) is 0 Å². The molecule has 0 aromatic rings. The van der Waals surface area contributed by atoms with Crippen LogP contribution in [0.4, 0.5) is 0 Å². The van der Waals surface area contributed by atoms with Gasteiger partial charge in [-0.15, -0.1) is 0 Å². The highest BCUT2D eigenvalue weighted by molar-refractivity contribution is 5.67. The lowest BCUT2D eigenvalue weighted by molar-refractivity contribution is -0.136. The lowest BCUT2D eigenvalue weighted by Crippen LogP contribution is -2.48. The molecule has 1 fully saturated rings. The SMILES string of the molecule is CC(=O)OC=CC(=COC(C)=O)CCC1C(C)=CCC2C(C)(C)CCCC12C. The van der Waals surface area contributed by atoms with Crippen molar-refractivity contribution in [1.29, 1.82) is 0 Å². The molecule has 0 aromatic carbocycles. The smallest absolute Gasteiger partial charge is 0.307 e. The third kappa shape index (κ3) is 5.36. The van der Waals surface area contributed by atoms with Gasteiger partial charge in [-0.25, -0.2) is 0 Å². The van der Waals surface area contributed by atoms with Crippen LogP contribution in [0.15, 0.2) is 35.8 Å². The van der Waals surface area contributed by atoms with Gasteiger partial charge in [0.1, 0.15) is 0 Å². The normalized spacial score (nSPS) is 29.8. The Morgan fingerprint density at radius 2 is 1.82 bits per heavy atom. The molecule has 4 heteroatoms. The van der Waals surface area contributed by atoms with Crippen molar-refractivity contribution in [2.24, 2.45) is 22.7 Å². The van der Waals surface area contributed by atoms with E-state index in [-0.39, 0.29) is 11.9 Å². The summed E-state index contributed by atoms with van der Waals surface area (Å²) < 4.78 is 10.00. The van der Waals surface area contributed by atoms with E-state index in [9.17, 15) is 9.59 Å². The van der Waals surface area contributed by atoms with E-state index in [4.69, 9.17) is 9.47 Å². The summed E-state index contributed by atoms with van der Waals surface area (Å²) in [7, 11) is 0. The van der Waals surface area contributed by atoms with Gasteiger partial charge in [-0.1, -0.05) is 38.8 Å². The topological polar surface area (TPSA) is 52.6 Å². The largest absolute Gasteiger partial charge is 0.435 e. The molecule has 2 aliphatic rings. The van der Waals surface area contributed by atoms with Crippen LogP contribution < -0.4 is 0 Å². The van der Waals surface area contributed by atoms with Gasteiger partial charge < -0.3 is 9.47 Å². The number of esters is 2. The van der Waals surface area contributed by atoms with Crippen LogP contribution in [0.5, 0.6) is 0 Å². The van der Waals surface area contributed by atoms with Gasteiger partial charge in [0, 0.05) is 13.8 Å². The van der Waals surface area contributed by atoms with Crippen LogP contribution in [0.2, 0.25) is 0 Å². The molecule has 28 heavy (non-hydrogen) atoms. The number of carbonyl (C=O) groups excluding carboxylic acids is 2. The Bertz CT molecular complexity index is 683. The van der Waals surface area contributed by atoms with Crippen molar-refractivity contribution < 1.29 is 19.1 Å². The second-order valence-electron chi connectivity index (χ2n) is 9.39. The predicted molar refractivity (Wildman–Crippen MR) is 111 cm³/mol. The summed E-state index contributed by atoms with van der Waals surface area (Å²) in [5.74, 6) is 0.482.